The van der Waals surface area contributed by atoms with Gasteiger partial charge in [-0.05, 0) is 42.0 Å². The lowest BCUT2D eigenvalue weighted by molar-refractivity contribution is -0.142. The number of rotatable bonds is 7. The molecule has 1 N–H and O–H groups in total. The van der Waals surface area contributed by atoms with Crippen LogP contribution in [0, 0.1) is 11.3 Å². The molecule has 1 aliphatic rings. The number of ether oxygens (including phenoxy) is 3. The molecule has 1 aliphatic heterocycles. The van der Waals surface area contributed by atoms with Crippen molar-refractivity contribution in [1.82, 2.24) is 0 Å². The van der Waals surface area contributed by atoms with Gasteiger partial charge in [0, 0.05) is 13.1 Å². The van der Waals surface area contributed by atoms with Gasteiger partial charge >= 0.3 is 12.1 Å². The number of morpholine rings is 1. The molecule has 0 radical (unpaired) electrons. The number of nitrogens with zero attached hydrogens (tertiary/aromatic N) is 2. The van der Waals surface area contributed by atoms with Gasteiger partial charge in [0.2, 0.25) is 0 Å². The molecule has 1 fully saturated rings. The van der Waals surface area contributed by atoms with Crippen molar-refractivity contribution in [3.63, 3.8) is 0 Å². The number of hydrogen-bond acceptors (Lipinski definition) is 7. The van der Waals surface area contributed by atoms with E-state index in [1.807, 2.05) is 0 Å². The van der Waals surface area contributed by atoms with Gasteiger partial charge < -0.3 is 24.4 Å². The van der Waals surface area contributed by atoms with Crippen LogP contribution in [-0.2, 0) is 25.2 Å². The van der Waals surface area contributed by atoms with Crippen LogP contribution in [0.15, 0.2) is 48.0 Å². The molecule has 3 rings (SSSR count). The van der Waals surface area contributed by atoms with E-state index in [-0.39, 0.29) is 11.3 Å². The van der Waals surface area contributed by atoms with E-state index >= 15 is 0 Å². The third-order valence-corrected chi connectivity index (χ3v) is 5.05. The van der Waals surface area contributed by atoms with Crippen LogP contribution in [-0.4, -0.2) is 51.9 Å². The summed E-state index contributed by atoms with van der Waals surface area (Å²) in [6, 6.07) is 11.3. The number of nitrogens with one attached hydrogen (secondary N) is 1. The first-order valence-corrected chi connectivity index (χ1v) is 10.5. The normalized spacial score (nSPS) is 14.1. The highest BCUT2D eigenvalue weighted by atomic mass is 19.4. The van der Waals surface area contributed by atoms with Crippen molar-refractivity contribution in [2.24, 2.45) is 0 Å². The zero-order valence-corrected chi connectivity index (χ0v) is 18.7. The summed E-state index contributed by atoms with van der Waals surface area (Å²) in [6.45, 7) is 0.863. The van der Waals surface area contributed by atoms with E-state index in [9.17, 15) is 28.0 Å². The van der Waals surface area contributed by atoms with Crippen LogP contribution in [0.25, 0.3) is 6.08 Å². The van der Waals surface area contributed by atoms with Crippen LogP contribution < -0.4 is 15.0 Å². The zero-order chi connectivity index (χ0) is 25.4. The minimum Gasteiger partial charge on any atom is -0.497 e. The molecule has 1 heterocycles. The molecule has 2 aromatic rings. The van der Waals surface area contributed by atoms with Crippen LogP contribution >= 0.6 is 0 Å². The summed E-state index contributed by atoms with van der Waals surface area (Å²) in [7, 11) is 1.50. The van der Waals surface area contributed by atoms with E-state index in [0.717, 1.165) is 12.1 Å². The number of nitriles is 1. The molecule has 1 saturated heterocycles. The number of esters is 1. The summed E-state index contributed by atoms with van der Waals surface area (Å²) in [5, 5.41) is 11.7. The Kier molecular flexibility index (Phi) is 8.33. The van der Waals surface area contributed by atoms with Gasteiger partial charge in [-0.3, -0.25) is 4.79 Å². The second kappa shape index (κ2) is 11.4. The van der Waals surface area contributed by atoms with Crippen LogP contribution in [0.3, 0.4) is 0 Å². The van der Waals surface area contributed by atoms with Crippen molar-refractivity contribution < 1.29 is 37.0 Å². The van der Waals surface area contributed by atoms with Gasteiger partial charge in [0.15, 0.2) is 6.61 Å². The van der Waals surface area contributed by atoms with Gasteiger partial charge in [0.1, 0.15) is 17.4 Å². The van der Waals surface area contributed by atoms with E-state index in [1.54, 1.807) is 35.2 Å². The van der Waals surface area contributed by atoms with E-state index in [4.69, 9.17) is 14.2 Å². The highest BCUT2D eigenvalue weighted by Crippen LogP contribution is 2.35. The minimum atomic E-state index is -4.61. The monoisotopic (exact) mass is 489 g/mol. The van der Waals surface area contributed by atoms with E-state index in [2.05, 4.69) is 5.32 Å². The Labute approximate surface area is 199 Å². The van der Waals surface area contributed by atoms with Crippen LogP contribution in [0.1, 0.15) is 11.1 Å². The molecular weight excluding hydrogens is 467 g/mol. The van der Waals surface area contributed by atoms with Crippen molar-refractivity contribution in [3.05, 3.63) is 59.2 Å². The molecule has 0 aliphatic carbocycles. The molecular formula is C24H22F3N3O5. The Hall–Kier alpha value is -4.04. The molecule has 35 heavy (non-hydrogen) atoms. The molecule has 11 heteroatoms. The highest BCUT2D eigenvalue weighted by Gasteiger charge is 2.32. The van der Waals surface area contributed by atoms with Crippen LogP contribution in [0.5, 0.6) is 5.75 Å². The first kappa shape index (κ1) is 25.6. The smallest absolute Gasteiger partial charge is 0.416 e. The van der Waals surface area contributed by atoms with E-state index < -0.39 is 30.2 Å². The Morgan fingerprint density at radius 1 is 1.17 bits per heavy atom. The van der Waals surface area contributed by atoms with E-state index in [1.165, 1.54) is 19.3 Å². The zero-order valence-electron chi connectivity index (χ0n) is 18.7. The largest absolute Gasteiger partial charge is 0.497 e. The van der Waals surface area contributed by atoms with Crippen molar-refractivity contribution in [2.75, 3.05) is 50.2 Å². The quantitative estimate of drug-likeness (QED) is 0.360. The highest BCUT2D eigenvalue weighted by molar-refractivity contribution is 6.01. The predicted molar refractivity (Wildman–Crippen MR) is 121 cm³/mol. The van der Waals surface area contributed by atoms with Crippen molar-refractivity contribution in [3.8, 4) is 11.8 Å². The maximum Gasteiger partial charge on any atom is 0.416 e. The van der Waals surface area contributed by atoms with Crippen LogP contribution in [0.2, 0.25) is 0 Å². The summed E-state index contributed by atoms with van der Waals surface area (Å²) in [4.78, 5) is 26.5. The molecule has 1 amide bonds. The summed E-state index contributed by atoms with van der Waals surface area (Å²) < 4.78 is 54.9. The molecule has 0 bridgehead atoms. The number of halogens is 3. The van der Waals surface area contributed by atoms with Gasteiger partial charge in [0.25, 0.3) is 5.91 Å². The van der Waals surface area contributed by atoms with Gasteiger partial charge in [0.05, 0.1) is 37.3 Å². The number of carbonyl (C=O) groups excluding carboxylic acids is 2. The number of alkyl halides is 3. The maximum absolute atomic E-state index is 13.2. The van der Waals surface area contributed by atoms with Crippen molar-refractivity contribution in [2.45, 2.75) is 6.18 Å². The number of anilines is 2. The second-order valence-electron chi connectivity index (χ2n) is 7.40. The SMILES string of the molecule is COc1ccc(C=C(C#N)C(=O)OCC(=O)Nc2cc(C(F)(F)F)ccc2N2CCOCC2)cc1. The number of hydrogen-bond donors (Lipinski definition) is 1. The molecule has 0 unspecified atom stereocenters. The maximum atomic E-state index is 13.2. The summed E-state index contributed by atoms with van der Waals surface area (Å²) >= 11 is 0. The number of carbonyl (C=O) groups is 2. The fourth-order valence-corrected chi connectivity index (χ4v) is 3.29. The number of methoxy groups -OCH3 is 1. The molecule has 0 atom stereocenters. The number of benzene rings is 2. The van der Waals surface area contributed by atoms with Crippen molar-refractivity contribution >= 4 is 29.3 Å². The summed E-state index contributed by atoms with van der Waals surface area (Å²) in [6.07, 6.45) is -3.33. The average Bonchev–Trinajstić information content (AvgIpc) is 2.86. The first-order valence-electron chi connectivity index (χ1n) is 10.5. The average molecular weight is 489 g/mol. The molecule has 0 aromatic heterocycles. The Morgan fingerprint density at radius 2 is 1.86 bits per heavy atom. The first-order chi connectivity index (χ1) is 16.7. The number of amides is 1. The predicted octanol–water partition coefficient (Wildman–Crippen LogP) is 3.64. The fourth-order valence-electron chi connectivity index (χ4n) is 3.29. The fraction of sp³-hybridized carbons (Fsp3) is 0.292. The summed E-state index contributed by atoms with van der Waals surface area (Å²) in [5.74, 6) is -1.31. The third kappa shape index (κ3) is 6.97. The topological polar surface area (TPSA) is 101 Å². The van der Waals surface area contributed by atoms with Gasteiger partial charge in [-0.25, -0.2) is 4.79 Å². The van der Waals surface area contributed by atoms with Gasteiger partial charge in [-0.2, -0.15) is 18.4 Å². The Bertz CT molecular complexity index is 1130. The van der Waals surface area contributed by atoms with Crippen molar-refractivity contribution in [1.29, 1.82) is 5.26 Å². The second-order valence-corrected chi connectivity index (χ2v) is 7.40. The summed E-state index contributed by atoms with van der Waals surface area (Å²) in [5.41, 5.74) is -0.440. The third-order valence-electron chi connectivity index (χ3n) is 5.05. The standard InChI is InChI=1S/C24H22F3N3O5/c1-33-19-5-2-16(3-6-19)12-17(14-28)23(32)35-15-22(31)29-20-13-18(24(25,26)27)4-7-21(20)30-8-10-34-11-9-30/h2-7,12-13H,8-11,15H2,1H3,(H,29,31). The Balaban J connectivity index is 1.70. The lowest BCUT2D eigenvalue weighted by atomic mass is 10.1. The van der Waals surface area contributed by atoms with Gasteiger partial charge in [-0.15, -0.1) is 0 Å². The lowest BCUT2D eigenvalue weighted by Crippen LogP contribution is -2.37. The molecule has 0 spiro atoms. The van der Waals surface area contributed by atoms with Gasteiger partial charge in [-0.1, -0.05) is 12.1 Å². The lowest BCUT2D eigenvalue weighted by Gasteiger charge is -2.31. The minimum absolute atomic E-state index is 0.0722. The Morgan fingerprint density at radius 3 is 2.46 bits per heavy atom. The van der Waals surface area contributed by atoms with E-state index in [0.29, 0.717) is 43.3 Å². The molecule has 0 saturated carbocycles. The molecule has 184 valence electrons. The van der Waals surface area contributed by atoms with Crippen LogP contribution in [0.4, 0.5) is 24.5 Å². The molecule has 8 nitrogen and oxygen atoms in total. The molecule has 2 aromatic carbocycles.